The molecule has 186 valence electrons. The van der Waals surface area contributed by atoms with Gasteiger partial charge in [-0.15, -0.1) is 0 Å². The lowest BCUT2D eigenvalue weighted by molar-refractivity contribution is 0.0940. The van der Waals surface area contributed by atoms with Gasteiger partial charge in [-0.1, -0.05) is 12.1 Å². The largest absolute Gasteiger partial charge is 0.503 e. The number of pyridine rings is 1. The minimum absolute atomic E-state index is 0.149. The molecule has 1 aliphatic rings. The SMILES string of the molecule is COc1ccc(-c2ccc3cn([C@H]4CC[C@H](CNC(=O)c5cc(F)c(O)c(F)c5)CC4)nc3c2)nc1. The standard InChI is InChI=1S/C27H26F2N4O3/c1-36-21-8-9-24(30-14-21)17-4-5-18-15-33(32-25(18)12-17)20-6-2-16(3-7-20)13-31-27(35)19-10-22(28)26(34)23(29)11-19/h4-5,8-12,14-16,20,34H,2-3,6-7,13H2,1H3,(H,31,35)/t16-,20-. The zero-order valence-corrected chi connectivity index (χ0v) is 19.7. The number of benzene rings is 2. The van der Waals surface area contributed by atoms with Crippen LogP contribution in [-0.4, -0.2) is 39.4 Å². The van der Waals surface area contributed by atoms with Crippen molar-refractivity contribution in [1.82, 2.24) is 20.1 Å². The Hall–Kier alpha value is -4.01. The van der Waals surface area contributed by atoms with Crippen LogP contribution in [0.25, 0.3) is 22.2 Å². The number of hydrogen-bond donors (Lipinski definition) is 2. The number of carbonyl (C=O) groups is 1. The molecule has 36 heavy (non-hydrogen) atoms. The van der Waals surface area contributed by atoms with E-state index in [0.717, 1.165) is 60.0 Å². The third kappa shape index (κ3) is 4.86. The van der Waals surface area contributed by atoms with Crippen LogP contribution in [0.3, 0.4) is 0 Å². The van der Waals surface area contributed by atoms with E-state index < -0.39 is 23.3 Å². The molecule has 1 saturated carbocycles. The Kier molecular flexibility index (Phi) is 6.54. The van der Waals surface area contributed by atoms with Gasteiger partial charge in [-0.25, -0.2) is 8.78 Å². The van der Waals surface area contributed by atoms with E-state index in [1.54, 1.807) is 13.3 Å². The fraction of sp³-hybridized carbons (Fsp3) is 0.296. The number of nitrogens with one attached hydrogen (secondary N) is 1. The molecule has 2 N–H and O–H groups in total. The Morgan fingerprint density at radius 1 is 1.11 bits per heavy atom. The number of methoxy groups -OCH3 is 1. The highest BCUT2D eigenvalue weighted by atomic mass is 19.1. The maximum absolute atomic E-state index is 13.5. The van der Waals surface area contributed by atoms with Gasteiger partial charge in [0.25, 0.3) is 5.91 Å². The van der Waals surface area contributed by atoms with Crippen LogP contribution in [0.4, 0.5) is 8.78 Å². The lowest BCUT2D eigenvalue weighted by Crippen LogP contribution is -2.31. The van der Waals surface area contributed by atoms with Crippen LogP contribution < -0.4 is 10.1 Å². The summed E-state index contributed by atoms with van der Waals surface area (Å²) in [6.45, 7) is 0.426. The lowest BCUT2D eigenvalue weighted by atomic mass is 9.86. The molecule has 9 heteroatoms. The first-order valence-corrected chi connectivity index (χ1v) is 11.9. The Bertz CT molecular complexity index is 1370. The molecule has 0 aliphatic heterocycles. The van der Waals surface area contributed by atoms with Gasteiger partial charge in [0.1, 0.15) is 5.75 Å². The minimum atomic E-state index is -1.15. The van der Waals surface area contributed by atoms with Crippen LogP contribution >= 0.6 is 0 Å². The normalized spacial score (nSPS) is 17.8. The van der Waals surface area contributed by atoms with Crippen molar-refractivity contribution in [3.63, 3.8) is 0 Å². The number of hydrogen-bond acceptors (Lipinski definition) is 5. The Morgan fingerprint density at radius 2 is 1.86 bits per heavy atom. The van der Waals surface area contributed by atoms with Gasteiger partial charge in [-0.2, -0.15) is 5.10 Å². The van der Waals surface area contributed by atoms with Crippen molar-refractivity contribution >= 4 is 16.8 Å². The minimum Gasteiger partial charge on any atom is -0.503 e. The average molecular weight is 493 g/mol. The van der Waals surface area contributed by atoms with E-state index in [9.17, 15) is 18.7 Å². The van der Waals surface area contributed by atoms with E-state index in [0.29, 0.717) is 12.3 Å². The van der Waals surface area contributed by atoms with Crippen molar-refractivity contribution in [3.05, 3.63) is 72.1 Å². The molecule has 0 saturated heterocycles. The fourth-order valence-corrected chi connectivity index (χ4v) is 4.70. The predicted octanol–water partition coefficient (Wildman–Crippen LogP) is 5.25. The molecule has 0 bridgehead atoms. The van der Waals surface area contributed by atoms with Gasteiger partial charge in [0.2, 0.25) is 0 Å². The molecule has 1 fully saturated rings. The molecule has 7 nitrogen and oxygen atoms in total. The smallest absolute Gasteiger partial charge is 0.251 e. The molecule has 2 aromatic heterocycles. The van der Waals surface area contributed by atoms with Crippen molar-refractivity contribution in [1.29, 1.82) is 0 Å². The molecule has 0 unspecified atom stereocenters. The quantitative estimate of drug-likeness (QED) is 0.384. The number of carbonyl (C=O) groups excluding carboxylic acids is 1. The number of halogens is 2. The van der Waals surface area contributed by atoms with E-state index in [2.05, 4.69) is 22.6 Å². The molecule has 0 radical (unpaired) electrons. The average Bonchev–Trinajstić information content (AvgIpc) is 3.34. The topological polar surface area (TPSA) is 89.3 Å². The van der Waals surface area contributed by atoms with Crippen molar-refractivity contribution in [2.45, 2.75) is 31.7 Å². The van der Waals surface area contributed by atoms with Crippen LogP contribution in [0.1, 0.15) is 42.1 Å². The zero-order valence-electron chi connectivity index (χ0n) is 19.7. The second kappa shape index (κ2) is 9.93. The fourth-order valence-electron chi connectivity index (χ4n) is 4.70. The van der Waals surface area contributed by atoms with Crippen LogP contribution in [0.15, 0.2) is 54.9 Å². The number of phenolic OH excluding ortho intramolecular Hbond substituents is 1. The van der Waals surface area contributed by atoms with Gasteiger partial charge in [-0.3, -0.25) is 14.5 Å². The van der Waals surface area contributed by atoms with E-state index in [1.807, 2.05) is 28.9 Å². The van der Waals surface area contributed by atoms with Crippen LogP contribution in [0, 0.1) is 17.6 Å². The summed E-state index contributed by atoms with van der Waals surface area (Å²) in [5.41, 5.74) is 2.60. The molecular weight excluding hydrogens is 466 g/mol. The number of fused-ring (bicyclic) bond motifs is 1. The van der Waals surface area contributed by atoms with Gasteiger partial charge in [0.15, 0.2) is 17.4 Å². The highest BCUT2D eigenvalue weighted by Gasteiger charge is 2.24. The Balaban J connectivity index is 1.18. The number of rotatable bonds is 6. The highest BCUT2D eigenvalue weighted by Crippen LogP contribution is 2.33. The van der Waals surface area contributed by atoms with Crippen molar-refractivity contribution < 1.29 is 23.4 Å². The zero-order chi connectivity index (χ0) is 25.2. The number of ether oxygens (including phenoxy) is 1. The Morgan fingerprint density at radius 3 is 2.53 bits per heavy atom. The van der Waals surface area contributed by atoms with Gasteiger partial charge in [0, 0.05) is 29.3 Å². The van der Waals surface area contributed by atoms with Crippen molar-refractivity contribution in [3.8, 4) is 22.8 Å². The monoisotopic (exact) mass is 492 g/mol. The summed E-state index contributed by atoms with van der Waals surface area (Å²) in [5, 5.41) is 17.8. The van der Waals surface area contributed by atoms with E-state index in [1.165, 1.54) is 0 Å². The van der Waals surface area contributed by atoms with Gasteiger partial charge < -0.3 is 15.2 Å². The molecule has 2 aromatic carbocycles. The van der Waals surface area contributed by atoms with Crippen LogP contribution in [0.5, 0.6) is 11.5 Å². The number of aromatic nitrogens is 3. The van der Waals surface area contributed by atoms with Gasteiger partial charge >= 0.3 is 0 Å². The number of phenols is 1. The molecular formula is C27H26F2N4O3. The lowest BCUT2D eigenvalue weighted by Gasteiger charge is -2.28. The summed E-state index contributed by atoms with van der Waals surface area (Å²) in [4.78, 5) is 16.8. The second-order valence-electron chi connectivity index (χ2n) is 9.14. The summed E-state index contributed by atoms with van der Waals surface area (Å²) in [6, 6.07) is 11.9. The number of aromatic hydroxyl groups is 1. The van der Waals surface area contributed by atoms with E-state index in [-0.39, 0.29) is 17.5 Å². The van der Waals surface area contributed by atoms with Crippen molar-refractivity contribution in [2.24, 2.45) is 5.92 Å². The summed E-state index contributed by atoms with van der Waals surface area (Å²) in [5.74, 6) is -2.96. The van der Waals surface area contributed by atoms with Gasteiger partial charge in [-0.05, 0) is 61.9 Å². The summed E-state index contributed by atoms with van der Waals surface area (Å²) in [6.07, 6.45) is 7.41. The first-order chi connectivity index (χ1) is 17.4. The molecule has 2 heterocycles. The van der Waals surface area contributed by atoms with E-state index in [4.69, 9.17) is 9.84 Å². The number of nitrogens with zero attached hydrogens (tertiary/aromatic N) is 3. The third-order valence-electron chi connectivity index (χ3n) is 6.81. The summed E-state index contributed by atoms with van der Waals surface area (Å²) in [7, 11) is 1.61. The Labute approximate surface area is 206 Å². The van der Waals surface area contributed by atoms with Gasteiger partial charge in [0.05, 0.1) is 30.6 Å². The van der Waals surface area contributed by atoms with Crippen LogP contribution in [0.2, 0.25) is 0 Å². The highest BCUT2D eigenvalue weighted by molar-refractivity contribution is 5.94. The maximum Gasteiger partial charge on any atom is 0.251 e. The number of amides is 1. The summed E-state index contributed by atoms with van der Waals surface area (Å²) < 4.78 is 34.3. The molecule has 0 spiro atoms. The molecule has 1 amide bonds. The van der Waals surface area contributed by atoms with Crippen molar-refractivity contribution in [2.75, 3.05) is 13.7 Å². The summed E-state index contributed by atoms with van der Waals surface area (Å²) >= 11 is 0. The third-order valence-corrected chi connectivity index (χ3v) is 6.81. The molecule has 4 aromatic rings. The van der Waals surface area contributed by atoms with Crippen LogP contribution in [-0.2, 0) is 0 Å². The predicted molar refractivity (Wildman–Crippen MR) is 131 cm³/mol. The first-order valence-electron chi connectivity index (χ1n) is 11.9. The van der Waals surface area contributed by atoms with E-state index >= 15 is 0 Å². The molecule has 5 rings (SSSR count). The second-order valence-corrected chi connectivity index (χ2v) is 9.14. The maximum atomic E-state index is 13.5. The molecule has 1 aliphatic carbocycles. The first kappa shape index (κ1) is 23.7. The molecule has 0 atom stereocenters.